The Hall–Kier alpha value is -3.27. The van der Waals surface area contributed by atoms with E-state index in [9.17, 15) is 33.0 Å². The first-order valence-electron chi connectivity index (χ1n) is 8.42. The summed E-state index contributed by atoms with van der Waals surface area (Å²) in [6.07, 6.45) is -5.35. The number of aromatic hydroxyl groups is 1. The van der Waals surface area contributed by atoms with Gasteiger partial charge in [0.25, 0.3) is 0 Å². The number of aliphatic hydroxyl groups is 1. The number of Topliss-reactive ketones (excluding diaryl/α,β-unsaturated/α-hetero) is 1. The van der Waals surface area contributed by atoms with Gasteiger partial charge in [-0.1, -0.05) is 36.4 Å². The van der Waals surface area contributed by atoms with Gasteiger partial charge in [0.2, 0.25) is 5.72 Å². The number of ether oxygens (including phenoxy) is 1. The number of carbonyl (C=O) groups is 2. The number of hydrogen-bond acceptors (Lipinski definition) is 5. The largest absolute Gasteiger partial charge is 0.504 e. The van der Waals surface area contributed by atoms with Gasteiger partial charge in [-0.25, -0.2) is 4.79 Å². The topological polar surface area (TPSA) is 108 Å². The van der Waals surface area contributed by atoms with Crippen molar-refractivity contribution in [1.82, 2.24) is 10.6 Å². The molecule has 2 amide bonds. The molecule has 1 saturated heterocycles. The van der Waals surface area contributed by atoms with E-state index in [2.05, 4.69) is 5.32 Å². The van der Waals surface area contributed by atoms with Crippen molar-refractivity contribution < 1.29 is 37.7 Å². The van der Waals surface area contributed by atoms with Crippen molar-refractivity contribution in [3.8, 4) is 11.5 Å². The van der Waals surface area contributed by atoms with Gasteiger partial charge >= 0.3 is 12.2 Å². The molecule has 7 nitrogen and oxygen atoms in total. The Morgan fingerprint density at radius 2 is 1.83 bits per heavy atom. The molecule has 4 N–H and O–H groups in total. The van der Waals surface area contributed by atoms with E-state index < -0.39 is 35.7 Å². The molecule has 2 aromatic carbocycles. The van der Waals surface area contributed by atoms with Gasteiger partial charge in [0.05, 0.1) is 13.2 Å². The molecule has 0 aliphatic carbocycles. The number of rotatable bonds is 4. The number of amides is 2. The van der Waals surface area contributed by atoms with Gasteiger partial charge in [-0.2, -0.15) is 13.2 Å². The van der Waals surface area contributed by atoms with Crippen molar-refractivity contribution in [2.75, 3.05) is 7.11 Å². The van der Waals surface area contributed by atoms with Crippen molar-refractivity contribution in [3.05, 3.63) is 59.7 Å². The van der Waals surface area contributed by atoms with Crippen LogP contribution in [-0.4, -0.2) is 41.0 Å². The van der Waals surface area contributed by atoms with Crippen molar-refractivity contribution >= 4 is 11.8 Å². The SMILES string of the molecule is COc1cc([C@@H]2NC(=O)N[C@](O)(C(F)(F)F)[C@@H]2C(=O)c2ccccc2)ccc1O. The van der Waals surface area contributed by atoms with Crippen LogP contribution in [0.25, 0.3) is 0 Å². The fourth-order valence-corrected chi connectivity index (χ4v) is 3.29. The lowest BCUT2D eigenvalue weighted by Crippen LogP contribution is -2.72. The number of halogens is 3. The molecule has 3 atom stereocenters. The zero-order valence-corrected chi connectivity index (χ0v) is 15.0. The monoisotopic (exact) mass is 410 g/mol. The molecule has 0 bridgehead atoms. The van der Waals surface area contributed by atoms with E-state index in [0.717, 1.165) is 6.07 Å². The third-order valence-corrected chi connectivity index (χ3v) is 4.71. The number of alkyl halides is 3. The minimum atomic E-state index is -5.35. The van der Waals surface area contributed by atoms with Crippen molar-refractivity contribution in [1.29, 1.82) is 0 Å². The lowest BCUT2D eigenvalue weighted by molar-refractivity contribution is -0.287. The number of phenolic OH excluding ortho intramolecular Hbond substituents is 1. The molecule has 3 rings (SSSR count). The normalized spacial score (nSPS) is 24.4. The zero-order chi connectivity index (χ0) is 21.4. The lowest BCUT2D eigenvalue weighted by Gasteiger charge is -2.45. The first kappa shape index (κ1) is 20.5. The van der Waals surface area contributed by atoms with Crippen LogP contribution in [0.3, 0.4) is 0 Å². The molecule has 10 heteroatoms. The Morgan fingerprint density at radius 3 is 2.41 bits per heavy atom. The van der Waals surface area contributed by atoms with Crippen LogP contribution in [0.2, 0.25) is 0 Å². The van der Waals surface area contributed by atoms with E-state index in [-0.39, 0.29) is 22.6 Å². The van der Waals surface area contributed by atoms with Crippen LogP contribution >= 0.6 is 0 Å². The highest BCUT2D eigenvalue weighted by Crippen LogP contribution is 2.44. The summed E-state index contributed by atoms with van der Waals surface area (Å²) in [5, 5.41) is 23.9. The van der Waals surface area contributed by atoms with E-state index in [0.29, 0.717) is 0 Å². The van der Waals surface area contributed by atoms with Crippen LogP contribution < -0.4 is 15.4 Å². The summed E-state index contributed by atoms with van der Waals surface area (Å²) in [6, 6.07) is 7.84. The third-order valence-electron chi connectivity index (χ3n) is 4.71. The lowest BCUT2D eigenvalue weighted by atomic mass is 9.77. The Balaban J connectivity index is 2.18. The van der Waals surface area contributed by atoms with Crippen LogP contribution in [0, 0.1) is 5.92 Å². The summed E-state index contributed by atoms with van der Waals surface area (Å²) >= 11 is 0. The smallest absolute Gasteiger partial charge is 0.437 e. The van der Waals surface area contributed by atoms with Crippen LogP contribution in [0.15, 0.2) is 48.5 Å². The van der Waals surface area contributed by atoms with Crippen molar-refractivity contribution in [3.63, 3.8) is 0 Å². The number of phenols is 1. The quantitative estimate of drug-likeness (QED) is 0.580. The Labute approximate surface area is 163 Å². The molecule has 0 radical (unpaired) electrons. The van der Waals surface area contributed by atoms with Crippen molar-refractivity contribution in [2.45, 2.75) is 17.9 Å². The van der Waals surface area contributed by atoms with Gasteiger partial charge in [-0.15, -0.1) is 0 Å². The predicted molar refractivity (Wildman–Crippen MR) is 94.3 cm³/mol. The number of nitrogens with one attached hydrogen (secondary N) is 2. The highest BCUT2D eigenvalue weighted by atomic mass is 19.4. The molecule has 1 aliphatic rings. The number of benzene rings is 2. The van der Waals surface area contributed by atoms with E-state index >= 15 is 0 Å². The van der Waals surface area contributed by atoms with Crippen LogP contribution in [0.5, 0.6) is 11.5 Å². The summed E-state index contributed by atoms with van der Waals surface area (Å²) in [6.45, 7) is 0. The van der Waals surface area contributed by atoms with E-state index in [4.69, 9.17) is 4.74 Å². The van der Waals surface area contributed by atoms with E-state index in [1.807, 2.05) is 0 Å². The maximum absolute atomic E-state index is 13.8. The molecule has 1 fully saturated rings. The standard InChI is InChI=1S/C19H17F3N2O5/c1-29-13-9-11(7-8-12(13)25)15-14(16(26)10-5-3-2-4-6-10)18(28,19(20,21)22)24-17(27)23-15/h2-9,14-15,25,28H,1H3,(H2,23,24,27)/t14-,15-,18+/m0/s1. The Morgan fingerprint density at radius 1 is 1.17 bits per heavy atom. The second-order valence-corrected chi connectivity index (χ2v) is 6.48. The number of hydrogen-bond donors (Lipinski definition) is 4. The first-order chi connectivity index (χ1) is 13.6. The number of carbonyl (C=O) groups excluding carboxylic acids is 2. The maximum Gasteiger partial charge on any atom is 0.437 e. The summed E-state index contributed by atoms with van der Waals surface area (Å²) in [7, 11) is 1.23. The van der Waals surface area contributed by atoms with Gasteiger partial charge in [0.15, 0.2) is 17.3 Å². The first-order valence-corrected chi connectivity index (χ1v) is 8.42. The molecule has 0 spiro atoms. The fourth-order valence-electron chi connectivity index (χ4n) is 3.29. The van der Waals surface area contributed by atoms with Crippen LogP contribution in [0.1, 0.15) is 22.0 Å². The van der Waals surface area contributed by atoms with E-state index in [1.54, 1.807) is 6.07 Å². The summed E-state index contributed by atoms with van der Waals surface area (Å²) in [5.74, 6) is -3.54. The Bertz CT molecular complexity index is 935. The molecule has 0 aromatic heterocycles. The highest BCUT2D eigenvalue weighted by molar-refractivity contribution is 6.00. The van der Waals surface area contributed by atoms with Gasteiger partial charge in [-0.05, 0) is 17.7 Å². The zero-order valence-electron chi connectivity index (χ0n) is 15.0. The maximum atomic E-state index is 13.8. The third kappa shape index (κ3) is 3.58. The average molecular weight is 410 g/mol. The van der Waals surface area contributed by atoms with Crippen molar-refractivity contribution in [2.24, 2.45) is 5.92 Å². The number of methoxy groups -OCH3 is 1. The molecule has 1 heterocycles. The number of ketones is 1. The molecule has 1 aliphatic heterocycles. The second kappa shape index (κ2) is 7.28. The van der Waals surface area contributed by atoms with Gasteiger partial charge in [0, 0.05) is 5.56 Å². The fraction of sp³-hybridized carbons (Fsp3) is 0.263. The summed E-state index contributed by atoms with van der Waals surface area (Å²) in [4.78, 5) is 25.0. The van der Waals surface area contributed by atoms with Crippen LogP contribution in [0.4, 0.5) is 18.0 Å². The van der Waals surface area contributed by atoms with E-state index in [1.165, 1.54) is 48.8 Å². The summed E-state index contributed by atoms with van der Waals surface area (Å²) < 4.78 is 46.4. The number of urea groups is 1. The van der Waals surface area contributed by atoms with Gasteiger partial charge < -0.3 is 25.6 Å². The predicted octanol–water partition coefficient (Wildman–Crippen LogP) is 2.50. The highest BCUT2D eigenvalue weighted by Gasteiger charge is 2.66. The average Bonchev–Trinajstić information content (AvgIpc) is 2.67. The molecule has 0 saturated carbocycles. The molecule has 29 heavy (non-hydrogen) atoms. The second-order valence-electron chi connectivity index (χ2n) is 6.48. The van der Waals surface area contributed by atoms with Crippen LogP contribution in [-0.2, 0) is 0 Å². The molecule has 154 valence electrons. The Kier molecular flexibility index (Phi) is 5.14. The molecule has 0 unspecified atom stereocenters. The van der Waals surface area contributed by atoms with Gasteiger partial charge in [-0.3, -0.25) is 4.79 Å². The summed E-state index contributed by atoms with van der Waals surface area (Å²) in [5.41, 5.74) is -3.86. The van der Waals surface area contributed by atoms with Gasteiger partial charge in [0.1, 0.15) is 5.92 Å². The minimum absolute atomic E-state index is 0.0338. The molecular weight excluding hydrogens is 393 g/mol. The molecular formula is C19H17F3N2O5. The minimum Gasteiger partial charge on any atom is -0.504 e. The molecule has 2 aromatic rings.